The molecule has 8 nitrogen and oxygen atoms in total. The first-order valence-corrected chi connectivity index (χ1v) is 9.34. The highest BCUT2D eigenvalue weighted by atomic mass is 32.1. The lowest BCUT2D eigenvalue weighted by molar-refractivity contribution is 0.0466. The Balaban J connectivity index is 1.51. The third kappa shape index (κ3) is 3.31. The van der Waals surface area contributed by atoms with E-state index in [1.54, 1.807) is 6.92 Å². The van der Waals surface area contributed by atoms with E-state index >= 15 is 0 Å². The molecule has 4 rings (SSSR count). The topological polar surface area (TPSA) is 117 Å². The molecule has 9 heteroatoms. The second-order valence-corrected chi connectivity index (χ2v) is 7.34. The normalized spacial score (nSPS) is 11.1. The van der Waals surface area contributed by atoms with Crippen LogP contribution < -0.4 is 5.73 Å². The molecule has 1 aromatic carbocycles. The van der Waals surface area contributed by atoms with Crippen molar-refractivity contribution in [3.8, 4) is 11.5 Å². The van der Waals surface area contributed by atoms with Crippen LogP contribution in [-0.4, -0.2) is 26.1 Å². The smallest absolute Gasteiger partial charge is 0.350 e. The molecule has 0 amide bonds. The highest BCUT2D eigenvalue weighted by Gasteiger charge is 2.21. The standard InChI is InChI=1S/C19H17N5O3S/c1-9-4-6-12(7-5-9)17-23-13(24-27-17)8-26-19(25)16-15(20)14-10(2)21-11(3)22-18(14)28-16/h4-7H,8,20H2,1-3H3. The number of carbonyl (C=O) groups excluding carboxylic acids is 1. The number of nitrogens with zero attached hydrogens (tertiary/aromatic N) is 4. The number of fused-ring (bicyclic) bond motifs is 1. The number of rotatable bonds is 4. The van der Waals surface area contributed by atoms with Gasteiger partial charge in [0.25, 0.3) is 5.89 Å². The third-order valence-corrected chi connectivity index (χ3v) is 5.25. The fourth-order valence-electron chi connectivity index (χ4n) is 2.80. The molecule has 0 atom stereocenters. The molecule has 2 N–H and O–H groups in total. The van der Waals surface area contributed by atoms with E-state index in [1.165, 1.54) is 11.3 Å². The molecule has 0 aliphatic carbocycles. The van der Waals surface area contributed by atoms with Gasteiger partial charge in [-0.05, 0) is 32.9 Å². The summed E-state index contributed by atoms with van der Waals surface area (Å²) in [6.45, 7) is 5.51. The number of hydrogen-bond acceptors (Lipinski definition) is 9. The number of nitrogen functional groups attached to an aromatic ring is 1. The largest absolute Gasteiger partial charge is 0.453 e. The first-order valence-electron chi connectivity index (χ1n) is 8.52. The number of benzene rings is 1. The summed E-state index contributed by atoms with van der Waals surface area (Å²) < 4.78 is 10.6. The van der Waals surface area contributed by atoms with Gasteiger partial charge in [-0.15, -0.1) is 11.3 Å². The molecule has 0 fully saturated rings. The average molecular weight is 395 g/mol. The molecule has 0 saturated heterocycles. The number of hydrogen-bond donors (Lipinski definition) is 1. The van der Waals surface area contributed by atoms with Crippen molar-refractivity contribution < 1.29 is 14.1 Å². The molecule has 3 aromatic heterocycles. The lowest BCUT2D eigenvalue weighted by Crippen LogP contribution is -2.06. The van der Waals surface area contributed by atoms with Gasteiger partial charge in [0.05, 0.1) is 16.8 Å². The van der Waals surface area contributed by atoms with Gasteiger partial charge in [-0.1, -0.05) is 22.9 Å². The van der Waals surface area contributed by atoms with E-state index in [0.717, 1.165) is 16.8 Å². The molecule has 0 unspecified atom stereocenters. The zero-order valence-corrected chi connectivity index (χ0v) is 16.3. The maximum absolute atomic E-state index is 12.5. The highest BCUT2D eigenvalue weighted by Crippen LogP contribution is 2.34. The van der Waals surface area contributed by atoms with Gasteiger partial charge in [-0.2, -0.15) is 4.98 Å². The van der Waals surface area contributed by atoms with Crippen molar-refractivity contribution in [2.75, 3.05) is 5.73 Å². The van der Waals surface area contributed by atoms with Crippen molar-refractivity contribution >= 4 is 33.2 Å². The summed E-state index contributed by atoms with van der Waals surface area (Å²) in [4.78, 5) is 26.3. The van der Waals surface area contributed by atoms with Gasteiger partial charge in [0.2, 0.25) is 5.82 Å². The van der Waals surface area contributed by atoms with E-state index in [0.29, 0.717) is 32.5 Å². The molecule has 0 spiro atoms. The predicted octanol–water partition coefficient (Wildman–Crippen LogP) is 3.61. The Kier molecular flexibility index (Phi) is 4.52. The maximum Gasteiger partial charge on any atom is 0.350 e. The van der Waals surface area contributed by atoms with Gasteiger partial charge >= 0.3 is 5.97 Å². The van der Waals surface area contributed by atoms with Crippen molar-refractivity contribution in [2.45, 2.75) is 27.4 Å². The molecule has 4 aromatic rings. The van der Waals surface area contributed by atoms with Crippen LogP contribution in [0.1, 0.15) is 32.6 Å². The van der Waals surface area contributed by atoms with Crippen LogP contribution in [0.3, 0.4) is 0 Å². The van der Waals surface area contributed by atoms with Crippen LogP contribution in [0.15, 0.2) is 28.8 Å². The fraction of sp³-hybridized carbons (Fsp3) is 0.211. The number of ether oxygens (including phenoxy) is 1. The number of anilines is 1. The third-order valence-electron chi connectivity index (χ3n) is 4.17. The van der Waals surface area contributed by atoms with Crippen LogP contribution in [0.4, 0.5) is 5.69 Å². The summed E-state index contributed by atoms with van der Waals surface area (Å²) >= 11 is 1.18. The zero-order chi connectivity index (χ0) is 19.8. The molecule has 28 heavy (non-hydrogen) atoms. The Hall–Kier alpha value is -3.33. The van der Waals surface area contributed by atoms with Crippen molar-refractivity contribution in [3.05, 3.63) is 52.0 Å². The van der Waals surface area contributed by atoms with Crippen molar-refractivity contribution in [2.24, 2.45) is 0 Å². The molecular formula is C19H17N5O3S. The second-order valence-electron chi connectivity index (χ2n) is 6.34. The minimum absolute atomic E-state index is 0.119. The molecule has 142 valence electrons. The Labute approximate surface area is 164 Å². The van der Waals surface area contributed by atoms with Gasteiger partial charge in [0.15, 0.2) is 6.61 Å². The van der Waals surface area contributed by atoms with Crippen molar-refractivity contribution in [1.82, 2.24) is 20.1 Å². The molecular weight excluding hydrogens is 378 g/mol. The van der Waals surface area contributed by atoms with Gasteiger partial charge in [0, 0.05) is 5.56 Å². The van der Waals surface area contributed by atoms with Crippen molar-refractivity contribution in [3.63, 3.8) is 0 Å². The SMILES string of the molecule is Cc1ccc(-c2nc(COC(=O)c3sc4nc(C)nc(C)c4c3N)no2)cc1. The van der Waals surface area contributed by atoms with Crippen LogP contribution in [0.2, 0.25) is 0 Å². The van der Waals surface area contributed by atoms with E-state index < -0.39 is 5.97 Å². The molecule has 0 aliphatic rings. The number of thiophene rings is 1. The quantitative estimate of drug-likeness (QED) is 0.521. The van der Waals surface area contributed by atoms with E-state index in [1.807, 2.05) is 38.1 Å². The maximum atomic E-state index is 12.5. The summed E-state index contributed by atoms with van der Waals surface area (Å²) in [6.07, 6.45) is 0. The fourth-order valence-corrected chi connectivity index (χ4v) is 3.89. The Bertz CT molecular complexity index is 1180. The van der Waals surface area contributed by atoms with Gasteiger partial charge in [0.1, 0.15) is 15.5 Å². The lowest BCUT2D eigenvalue weighted by atomic mass is 10.1. The van der Waals surface area contributed by atoms with Gasteiger partial charge in [-0.25, -0.2) is 14.8 Å². The second kappa shape index (κ2) is 7.01. The van der Waals surface area contributed by atoms with Crippen molar-refractivity contribution in [1.29, 1.82) is 0 Å². The molecule has 0 bridgehead atoms. The number of aromatic nitrogens is 4. The van der Waals surface area contributed by atoms with Crippen LogP contribution >= 0.6 is 11.3 Å². The first-order chi connectivity index (χ1) is 13.4. The Morgan fingerprint density at radius 1 is 1.14 bits per heavy atom. The minimum atomic E-state index is -0.556. The molecule has 0 radical (unpaired) electrons. The highest BCUT2D eigenvalue weighted by molar-refractivity contribution is 7.21. The summed E-state index contributed by atoms with van der Waals surface area (Å²) in [5, 5.41) is 4.54. The zero-order valence-electron chi connectivity index (χ0n) is 15.5. The molecule has 0 aliphatic heterocycles. The van der Waals surface area contributed by atoms with E-state index in [9.17, 15) is 4.79 Å². The summed E-state index contributed by atoms with van der Waals surface area (Å²) in [7, 11) is 0. The molecule has 0 saturated carbocycles. The van der Waals surface area contributed by atoms with Crippen LogP contribution in [0.25, 0.3) is 21.7 Å². The average Bonchev–Trinajstić information content (AvgIpc) is 3.25. The Morgan fingerprint density at radius 3 is 2.64 bits per heavy atom. The van der Waals surface area contributed by atoms with E-state index in [2.05, 4.69) is 20.1 Å². The molecule has 3 heterocycles. The van der Waals surface area contributed by atoms with Gasteiger partial charge in [-0.3, -0.25) is 0 Å². The number of aryl methyl sites for hydroxylation is 3. The van der Waals surface area contributed by atoms with Gasteiger partial charge < -0.3 is 15.0 Å². The monoisotopic (exact) mass is 395 g/mol. The minimum Gasteiger partial charge on any atom is -0.453 e. The number of esters is 1. The first kappa shape index (κ1) is 18.1. The summed E-state index contributed by atoms with van der Waals surface area (Å²) in [5.74, 6) is 0.713. The van der Waals surface area contributed by atoms with Crippen LogP contribution in [0.5, 0.6) is 0 Å². The summed E-state index contributed by atoms with van der Waals surface area (Å²) in [5.41, 5.74) is 9.13. The van der Waals surface area contributed by atoms with E-state index in [4.69, 9.17) is 15.0 Å². The predicted molar refractivity (Wildman–Crippen MR) is 105 cm³/mol. The number of nitrogens with two attached hydrogens (primary N) is 1. The van der Waals surface area contributed by atoms with Crippen LogP contribution in [0, 0.1) is 20.8 Å². The summed E-state index contributed by atoms with van der Waals surface area (Å²) in [6, 6.07) is 7.69. The van der Waals surface area contributed by atoms with Crippen LogP contribution in [-0.2, 0) is 11.3 Å². The number of carbonyl (C=O) groups is 1. The Morgan fingerprint density at radius 2 is 1.89 bits per heavy atom. The lowest BCUT2D eigenvalue weighted by Gasteiger charge is -2.01. The van der Waals surface area contributed by atoms with E-state index in [-0.39, 0.29) is 12.4 Å².